The van der Waals surface area contributed by atoms with Gasteiger partial charge in [-0.05, 0) is 42.4 Å². The van der Waals surface area contributed by atoms with Crippen LogP contribution in [0.2, 0.25) is 5.21 Å². The predicted octanol–water partition coefficient (Wildman–Crippen LogP) is 2.63. The van der Waals surface area contributed by atoms with E-state index in [1.807, 2.05) is 0 Å². The van der Waals surface area contributed by atoms with Crippen LogP contribution in [-0.2, 0) is 0 Å². The summed E-state index contributed by atoms with van der Waals surface area (Å²) in [6, 6.07) is 0. The summed E-state index contributed by atoms with van der Waals surface area (Å²) in [4.78, 5) is 0. The minimum atomic E-state index is 0.601. The van der Waals surface area contributed by atoms with Crippen molar-refractivity contribution >= 4 is 15.7 Å². The van der Waals surface area contributed by atoms with Gasteiger partial charge in [-0.3, -0.25) is 0 Å². The van der Waals surface area contributed by atoms with E-state index in [0.29, 0.717) is 5.21 Å². The zero-order valence-electron chi connectivity index (χ0n) is 12.0. The molecule has 5 atom stereocenters. The first-order valence-corrected chi connectivity index (χ1v) is 8.13. The minimum absolute atomic E-state index is 0.601. The normalized spacial score (nSPS) is 45.6. The Kier molecular flexibility index (Phi) is 3.12. The SMILES string of the molecule is BC(B)(CC)C1CC2CCCC3CCCC1C32. The summed E-state index contributed by atoms with van der Waals surface area (Å²) in [5.41, 5.74) is 0. The fourth-order valence-corrected chi connectivity index (χ4v) is 5.66. The van der Waals surface area contributed by atoms with Crippen LogP contribution in [0.1, 0.15) is 58.3 Å². The Morgan fingerprint density at radius 3 is 2.35 bits per heavy atom. The molecule has 0 aromatic heterocycles. The minimum Gasteiger partial charge on any atom is -0.0817 e. The second-order valence-corrected chi connectivity index (χ2v) is 7.81. The van der Waals surface area contributed by atoms with Crippen molar-refractivity contribution in [3.05, 3.63) is 0 Å². The first-order valence-electron chi connectivity index (χ1n) is 8.13. The molecule has 2 heteroatoms. The molecule has 3 rings (SSSR count). The van der Waals surface area contributed by atoms with Crippen LogP contribution in [0.5, 0.6) is 0 Å². The lowest BCUT2D eigenvalue weighted by Crippen LogP contribution is -2.35. The Morgan fingerprint density at radius 1 is 1.00 bits per heavy atom. The zero-order chi connectivity index (χ0) is 12.0. The molecule has 0 aromatic carbocycles. The number of rotatable bonds is 2. The smallest absolute Gasteiger partial charge is 0.0817 e. The number of hydrogen-bond acceptors (Lipinski definition) is 0. The monoisotopic (exact) mass is 230 g/mol. The Hall–Kier alpha value is 0.130. The Balaban J connectivity index is 1.85. The molecule has 5 unspecified atom stereocenters. The van der Waals surface area contributed by atoms with Gasteiger partial charge in [-0.2, -0.15) is 0 Å². The third kappa shape index (κ3) is 1.90. The van der Waals surface area contributed by atoms with Crippen LogP contribution in [0.4, 0.5) is 0 Å². The van der Waals surface area contributed by atoms with Gasteiger partial charge in [-0.15, -0.1) is 0 Å². The molecule has 0 heterocycles. The summed E-state index contributed by atoms with van der Waals surface area (Å²) < 4.78 is 0. The molecular formula is C15H28B2. The first-order chi connectivity index (χ1) is 8.13. The molecule has 94 valence electrons. The molecule has 0 saturated heterocycles. The maximum atomic E-state index is 2.54. The highest BCUT2D eigenvalue weighted by atomic mass is 14.6. The average molecular weight is 230 g/mol. The molecular weight excluding hydrogens is 202 g/mol. The second-order valence-electron chi connectivity index (χ2n) is 7.81. The topological polar surface area (TPSA) is 0 Å². The number of hydrogen-bond donors (Lipinski definition) is 0. The van der Waals surface area contributed by atoms with Crippen molar-refractivity contribution in [2.24, 2.45) is 29.6 Å². The van der Waals surface area contributed by atoms with E-state index in [-0.39, 0.29) is 0 Å². The van der Waals surface area contributed by atoms with Crippen LogP contribution in [0.25, 0.3) is 0 Å². The van der Waals surface area contributed by atoms with Crippen LogP contribution < -0.4 is 0 Å². The van der Waals surface area contributed by atoms with Gasteiger partial charge in [0.15, 0.2) is 0 Å². The standard InChI is InChI=1S/C15H28B2/c1-2-15(16,17)13-9-11-7-3-5-10-6-4-8-12(13)14(10)11/h10-14H,2-9,16-17H2,1H3. The van der Waals surface area contributed by atoms with Gasteiger partial charge in [-0.1, -0.05) is 50.7 Å². The van der Waals surface area contributed by atoms with Gasteiger partial charge in [-0.25, -0.2) is 0 Å². The van der Waals surface area contributed by atoms with Crippen molar-refractivity contribution in [3.63, 3.8) is 0 Å². The molecule has 0 spiro atoms. The van der Waals surface area contributed by atoms with Gasteiger partial charge in [0.05, 0.1) is 15.7 Å². The maximum Gasteiger partial charge on any atom is 0.0995 e. The van der Waals surface area contributed by atoms with E-state index in [2.05, 4.69) is 22.6 Å². The maximum absolute atomic E-state index is 2.54. The fraction of sp³-hybridized carbons (Fsp3) is 1.00. The Bertz CT molecular complexity index is 285. The van der Waals surface area contributed by atoms with Crippen molar-refractivity contribution in [2.75, 3.05) is 0 Å². The lowest BCUT2D eigenvalue weighted by atomic mass is 9.44. The second kappa shape index (κ2) is 4.35. The lowest BCUT2D eigenvalue weighted by molar-refractivity contribution is 0.0828. The summed E-state index contributed by atoms with van der Waals surface area (Å²) in [6.07, 6.45) is 12.3. The molecule has 0 aliphatic heterocycles. The molecule has 3 fully saturated rings. The third-order valence-corrected chi connectivity index (χ3v) is 6.83. The van der Waals surface area contributed by atoms with E-state index >= 15 is 0 Å². The van der Waals surface area contributed by atoms with Crippen molar-refractivity contribution in [1.82, 2.24) is 0 Å². The van der Waals surface area contributed by atoms with Gasteiger partial charge >= 0.3 is 0 Å². The van der Waals surface area contributed by atoms with Crippen LogP contribution >= 0.6 is 0 Å². The van der Waals surface area contributed by atoms with Crippen LogP contribution in [0.3, 0.4) is 0 Å². The highest BCUT2D eigenvalue weighted by Gasteiger charge is 2.52. The molecule has 0 bridgehead atoms. The van der Waals surface area contributed by atoms with Gasteiger partial charge in [0.1, 0.15) is 0 Å². The summed E-state index contributed by atoms with van der Waals surface area (Å²) >= 11 is 0. The summed E-state index contributed by atoms with van der Waals surface area (Å²) in [6.45, 7) is 2.41. The van der Waals surface area contributed by atoms with Crippen molar-refractivity contribution < 1.29 is 0 Å². The quantitative estimate of drug-likeness (QED) is 0.639. The van der Waals surface area contributed by atoms with Gasteiger partial charge < -0.3 is 0 Å². The molecule has 17 heavy (non-hydrogen) atoms. The van der Waals surface area contributed by atoms with Crippen LogP contribution in [-0.4, -0.2) is 15.7 Å². The largest absolute Gasteiger partial charge is 0.0995 e. The van der Waals surface area contributed by atoms with Gasteiger partial charge in [0.2, 0.25) is 0 Å². The van der Waals surface area contributed by atoms with Crippen LogP contribution in [0.15, 0.2) is 0 Å². The summed E-state index contributed by atoms with van der Waals surface area (Å²) in [5, 5.41) is 0.601. The predicted molar refractivity (Wildman–Crippen MR) is 79.8 cm³/mol. The van der Waals surface area contributed by atoms with Gasteiger partial charge in [0, 0.05) is 0 Å². The molecule has 0 aromatic rings. The fourth-order valence-electron chi connectivity index (χ4n) is 5.66. The lowest BCUT2D eigenvalue weighted by Gasteiger charge is -2.44. The average Bonchev–Trinajstić information content (AvgIpc) is 2.72. The highest BCUT2D eigenvalue weighted by Crippen LogP contribution is 2.61. The van der Waals surface area contributed by atoms with E-state index in [9.17, 15) is 0 Å². The molecule has 3 saturated carbocycles. The van der Waals surface area contributed by atoms with Gasteiger partial charge in [0.25, 0.3) is 0 Å². The van der Waals surface area contributed by atoms with E-state index in [4.69, 9.17) is 0 Å². The summed E-state index contributed by atoms with van der Waals surface area (Å²) in [7, 11) is 5.08. The first kappa shape index (κ1) is 12.2. The van der Waals surface area contributed by atoms with E-state index in [1.54, 1.807) is 32.1 Å². The van der Waals surface area contributed by atoms with Crippen LogP contribution in [0, 0.1) is 29.6 Å². The van der Waals surface area contributed by atoms with Crippen molar-refractivity contribution in [3.8, 4) is 0 Å². The van der Waals surface area contributed by atoms with E-state index in [1.165, 1.54) is 19.3 Å². The molecule has 3 aliphatic rings. The Morgan fingerprint density at radius 2 is 1.65 bits per heavy atom. The highest BCUT2D eigenvalue weighted by molar-refractivity contribution is 6.40. The molecule has 0 nitrogen and oxygen atoms in total. The molecule has 0 amide bonds. The van der Waals surface area contributed by atoms with E-state index in [0.717, 1.165) is 29.6 Å². The van der Waals surface area contributed by atoms with Crippen molar-refractivity contribution in [2.45, 2.75) is 63.5 Å². The van der Waals surface area contributed by atoms with E-state index < -0.39 is 0 Å². The molecule has 0 radical (unpaired) electrons. The summed E-state index contributed by atoms with van der Waals surface area (Å²) in [5.74, 6) is 5.55. The molecule has 0 N–H and O–H groups in total. The van der Waals surface area contributed by atoms with Crippen molar-refractivity contribution in [1.29, 1.82) is 0 Å². The molecule has 3 aliphatic carbocycles. The zero-order valence-corrected chi connectivity index (χ0v) is 12.0. The Labute approximate surface area is 109 Å². The third-order valence-electron chi connectivity index (χ3n) is 6.83.